The number of aliphatic hydroxyl groups is 1. The maximum Gasteiger partial charge on any atom is 0.342 e. The normalized spacial score (nSPS) is 21.0. The zero-order chi connectivity index (χ0) is 6.69. The summed E-state index contributed by atoms with van der Waals surface area (Å²) in [6.45, 7) is -0.130. The Bertz CT molecular complexity index is 179. The molecule has 0 aromatic carbocycles. The van der Waals surface area contributed by atoms with Crippen LogP contribution in [0, 0.1) is 0 Å². The lowest BCUT2D eigenvalue weighted by Crippen LogP contribution is -1.95. The molecular weight excluding hydrogens is 120 g/mol. The number of carbonyl (C=O) groups is 1. The molecule has 1 rings (SSSR count). The minimum Gasteiger partial charge on any atom is -0.431 e. The zero-order valence-electron chi connectivity index (χ0n) is 4.70. The molecule has 0 radical (unpaired) electrons. The summed E-state index contributed by atoms with van der Waals surface area (Å²) in [5.74, 6) is -0.399. The number of cyclic esters (lactones) is 1. The molecule has 0 fully saturated rings. The second kappa shape index (κ2) is 2.46. The maximum atomic E-state index is 10.5. The van der Waals surface area contributed by atoms with Crippen LogP contribution in [-0.2, 0) is 9.53 Å². The van der Waals surface area contributed by atoms with Crippen LogP contribution in [0.3, 0.4) is 0 Å². The van der Waals surface area contributed by atoms with Gasteiger partial charge in [-0.3, -0.25) is 0 Å². The summed E-state index contributed by atoms with van der Waals surface area (Å²) in [5, 5.41) is 8.33. The molecule has 48 valence electrons. The molecule has 1 heterocycles. The number of ether oxygens (including phenoxy) is 1. The largest absolute Gasteiger partial charge is 0.431 e. The minimum atomic E-state index is -0.399. The molecule has 0 atom stereocenters. The lowest BCUT2D eigenvalue weighted by Gasteiger charge is -1.86. The van der Waals surface area contributed by atoms with E-state index in [9.17, 15) is 4.79 Å². The van der Waals surface area contributed by atoms with E-state index >= 15 is 0 Å². The van der Waals surface area contributed by atoms with Crippen molar-refractivity contribution in [2.24, 2.45) is 0 Å². The Morgan fingerprint density at radius 2 is 2.56 bits per heavy atom. The molecule has 1 aliphatic heterocycles. The zero-order valence-corrected chi connectivity index (χ0v) is 4.70. The Morgan fingerprint density at radius 3 is 3.00 bits per heavy atom. The van der Waals surface area contributed by atoms with Crippen LogP contribution in [0.5, 0.6) is 0 Å². The summed E-state index contributed by atoms with van der Waals surface area (Å²) in [5.41, 5.74) is 0.414. The Hall–Kier alpha value is -1.09. The summed E-state index contributed by atoms with van der Waals surface area (Å²) >= 11 is 0. The van der Waals surface area contributed by atoms with Gasteiger partial charge in [-0.25, -0.2) is 4.79 Å². The van der Waals surface area contributed by atoms with E-state index in [0.717, 1.165) is 0 Å². The van der Waals surface area contributed by atoms with Gasteiger partial charge >= 0.3 is 5.97 Å². The second-order valence-electron chi connectivity index (χ2n) is 1.55. The van der Waals surface area contributed by atoms with E-state index in [4.69, 9.17) is 5.11 Å². The molecule has 0 saturated heterocycles. The predicted molar refractivity (Wildman–Crippen MR) is 30.4 cm³/mol. The number of carbonyl (C=O) groups excluding carboxylic acids is 1. The smallest absolute Gasteiger partial charge is 0.342 e. The molecule has 0 amide bonds. The van der Waals surface area contributed by atoms with Crippen LogP contribution < -0.4 is 0 Å². The van der Waals surface area contributed by atoms with E-state index in [0.29, 0.717) is 5.57 Å². The van der Waals surface area contributed by atoms with Crippen LogP contribution >= 0.6 is 0 Å². The van der Waals surface area contributed by atoms with Crippen LogP contribution in [0.1, 0.15) is 0 Å². The van der Waals surface area contributed by atoms with E-state index in [-0.39, 0.29) is 6.61 Å². The average molecular weight is 126 g/mol. The molecular formula is C6H6O3. The van der Waals surface area contributed by atoms with Gasteiger partial charge in [-0.2, -0.15) is 0 Å². The second-order valence-corrected chi connectivity index (χ2v) is 1.55. The van der Waals surface area contributed by atoms with E-state index in [2.05, 4.69) is 4.74 Å². The summed E-state index contributed by atoms with van der Waals surface area (Å²) in [6, 6.07) is 0. The number of aliphatic hydroxyl groups excluding tert-OH is 1. The molecule has 0 unspecified atom stereocenters. The highest BCUT2D eigenvalue weighted by Gasteiger charge is 2.10. The van der Waals surface area contributed by atoms with Crippen molar-refractivity contribution in [3.63, 3.8) is 0 Å². The highest BCUT2D eigenvalue weighted by molar-refractivity contribution is 5.94. The highest BCUT2D eigenvalue weighted by atomic mass is 16.5. The van der Waals surface area contributed by atoms with E-state index < -0.39 is 5.97 Å². The van der Waals surface area contributed by atoms with Gasteiger partial charge in [0.15, 0.2) is 0 Å². The average Bonchev–Trinajstić information content (AvgIpc) is 2.18. The fourth-order valence-electron chi connectivity index (χ4n) is 0.555. The fourth-order valence-corrected chi connectivity index (χ4v) is 0.555. The number of hydrogen-bond donors (Lipinski definition) is 1. The first kappa shape index (κ1) is 6.04. The Balaban J connectivity index is 2.70. The van der Waals surface area contributed by atoms with Crippen molar-refractivity contribution in [2.45, 2.75) is 0 Å². The van der Waals surface area contributed by atoms with Crippen LogP contribution in [-0.4, -0.2) is 17.7 Å². The van der Waals surface area contributed by atoms with E-state index in [1.807, 2.05) is 0 Å². The van der Waals surface area contributed by atoms with Crippen LogP contribution in [0.4, 0.5) is 0 Å². The molecule has 0 spiro atoms. The van der Waals surface area contributed by atoms with Crippen molar-refractivity contribution >= 4 is 5.97 Å². The van der Waals surface area contributed by atoms with Crippen molar-refractivity contribution in [3.8, 4) is 0 Å². The summed E-state index contributed by atoms with van der Waals surface area (Å²) < 4.78 is 4.42. The monoisotopic (exact) mass is 126 g/mol. The van der Waals surface area contributed by atoms with Crippen molar-refractivity contribution in [1.29, 1.82) is 0 Å². The quantitative estimate of drug-likeness (QED) is 0.396. The molecule has 3 nitrogen and oxygen atoms in total. The third-order valence-corrected chi connectivity index (χ3v) is 0.970. The summed E-state index contributed by atoms with van der Waals surface area (Å²) in [7, 11) is 0. The van der Waals surface area contributed by atoms with Gasteiger partial charge in [0.1, 0.15) is 0 Å². The topological polar surface area (TPSA) is 46.5 Å². The molecule has 9 heavy (non-hydrogen) atoms. The van der Waals surface area contributed by atoms with Crippen LogP contribution in [0.2, 0.25) is 0 Å². The first-order valence-electron chi connectivity index (χ1n) is 2.53. The molecule has 0 saturated carbocycles. The summed E-state index contributed by atoms with van der Waals surface area (Å²) in [4.78, 5) is 10.5. The number of hydrogen-bond acceptors (Lipinski definition) is 3. The Labute approximate surface area is 52.2 Å². The highest BCUT2D eigenvalue weighted by Crippen LogP contribution is 2.07. The molecule has 0 aliphatic carbocycles. The SMILES string of the molecule is O=C1OC=CC1=CCO. The third-order valence-electron chi connectivity index (χ3n) is 0.970. The Morgan fingerprint density at radius 1 is 1.78 bits per heavy atom. The van der Waals surface area contributed by atoms with Gasteiger partial charge in [0.05, 0.1) is 18.4 Å². The van der Waals surface area contributed by atoms with Crippen molar-refractivity contribution < 1.29 is 14.6 Å². The summed E-state index contributed by atoms with van der Waals surface area (Å²) in [6.07, 6.45) is 4.20. The third kappa shape index (κ3) is 1.17. The molecule has 0 aromatic heterocycles. The number of esters is 1. The standard InChI is InChI=1S/C6H6O3/c7-3-1-5-2-4-9-6(5)8/h1-2,4,7H,3H2. The van der Waals surface area contributed by atoms with E-state index in [1.54, 1.807) is 0 Å². The van der Waals surface area contributed by atoms with Crippen molar-refractivity contribution in [3.05, 3.63) is 24.0 Å². The molecule has 0 aromatic rings. The van der Waals surface area contributed by atoms with Gasteiger partial charge in [-0.15, -0.1) is 0 Å². The predicted octanol–water partition coefficient (Wildman–Crippen LogP) is -0.0244. The minimum absolute atomic E-state index is 0.130. The van der Waals surface area contributed by atoms with Gasteiger partial charge < -0.3 is 9.84 Å². The fraction of sp³-hybridized carbons (Fsp3) is 0.167. The van der Waals surface area contributed by atoms with Crippen LogP contribution in [0.15, 0.2) is 24.0 Å². The first-order chi connectivity index (χ1) is 4.34. The molecule has 1 N–H and O–H groups in total. The van der Waals surface area contributed by atoms with Gasteiger partial charge in [0.2, 0.25) is 0 Å². The molecule has 1 aliphatic rings. The number of rotatable bonds is 1. The lowest BCUT2D eigenvalue weighted by molar-refractivity contribution is -0.132. The van der Waals surface area contributed by atoms with Crippen LogP contribution in [0.25, 0.3) is 0 Å². The van der Waals surface area contributed by atoms with Crippen molar-refractivity contribution in [2.75, 3.05) is 6.61 Å². The first-order valence-corrected chi connectivity index (χ1v) is 2.53. The van der Waals surface area contributed by atoms with Gasteiger partial charge in [0.25, 0.3) is 0 Å². The van der Waals surface area contributed by atoms with Crippen molar-refractivity contribution in [1.82, 2.24) is 0 Å². The maximum absolute atomic E-state index is 10.5. The van der Waals surface area contributed by atoms with Gasteiger partial charge in [0, 0.05) is 0 Å². The Kier molecular flexibility index (Phi) is 1.65. The molecule has 3 heteroatoms. The van der Waals surface area contributed by atoms with E-state index in [1.165, 1.54) is 18.4 Å². The van der Waals surface area contributed by atoms with Gasteiger partial charge in [-0.1, -0.05) is 0 Å². The lowest BCUT2D eigenvalue weighted by atomic mass is 10.3. The molecule has 0 bridgehead atoms. The van der Waals surface area contributed by atoms with Gasteiger partial charge in [-0.05, 0) is 12.2 Å².